The number of aromatic nitrogens is 2. The molecule has 0 aliphatic heterocycles. The van der Waals surface area contributed by atoms with E-state index < -0.39 is 0 Å². The molecular weight excluding hydrogens is 300 g/mol. The molecule has 3 aromatic rings. The van der Waals surface area contributed by atoms with Gasteiger partial charge in [0, 0.05) is 11.3 Å². The van der Waals surface area contributed by atoms with Gasteiger partial charge in [-0.3, -0.25) is 4.79 Å². The Morgan fingerprint density at radius 2 is 1.92 bits per heavy atom. The minimum Gasteiger partial charge on any atom is -0.338 e. The molecule has 1 heterocycles. The third kappa shape index (κ3) is 3.46. The van der Waals surface area contributed by atoms with Crippen LogP contribution in [0.25, 0.3) is 22.4 Å². The third-order valence-electron chi connectivity index (χ3n) is 4.25. The first kappa shape index (κ1) is 14.9. The summed E-state index contributed by atoms with van der Waals surface area (Å²) in [5.74, 6) is 1.60. The van der Waals surface area contributed by atoms with Crippen molar-refractivity contribution >= 4 is 22.6 Å². The van der Waals surface area contributed by atoms with Crippen LogP contribution in [-0.4, -0.2) is 29.0 Å². The lowest BCUT2D eigenvalue weighted by atomic mass is 10.2. The topological polar surface area (TPSA) is 69.8 Å². The number of aromatic amines is 1. The fourth-order valence-corrected chi connectivity index (χ4v) is 2.72. The van der Waals surface area contributed by atoms with Crippen LogP contribution in [0.2, 0.25) is 0 Å². The maximum atomic E-state index is 11.9. The summed E-state index contributed by atoms with van der Waals surface area (Å²) in [6.07, 6.45) is 2.58. The summed E-state index contributed by atoms with van der Waals surface area (Å²) < 4.78 is 0. The van der Waals surface area contributed by atoms with E-state index in [0.29, 0.717) is 6.54 Å². The smallest absolute Gasteiger partial charge is 0.238 e. The van der Waals surface area contributed by atoms with E-state index in [1.54, 1.807) is 0 Å². The molecule has 0 saturated heterocycles. The SMILES string of the molecule is O=C(CNCC1CC1)Nc1ccc(-c2nc3ccccc3[nH]2)cc1. The fourth-order valence-electron chi connectivity index (χ4n) is 2.72. The van der Waals surface area contributed by atoms with Crippen LogP contribution in [0, 0.1) is 5.92 Å². The number of amides is 1. The summed E-state index contributed by atoms with van der Waals surface area (Å²) in [6, 6.07) is 15.7. The Kier molecular flexibility index (Phi) is 4.01. The first-order valence-corrected chi connectivity index (χ1v) is 8.34. The van der Waals surface area contributed by atoms with Gasteiger partial charge in [-0.1, -0.05) is 12.1 Å². The number of hydrogen-bond donors (Lipinski definition) is 3. The highest BCUT2D eigenvalue weighted by Gasteiger charge is 2.20. The molecule has 0 bridgehead atoms. The molecule has 0 atom stereocenters. The minimum atomic E-state index is -0.00728. The summed E-state index contributed by atoms with van der Waals surface area (Å²) in [4.78, 5) is 19.8. The Balaban J connectivity index is 1.39. The van der Waals surface area contributed by atoms with Crippen molar-refractivity contribution in [1.82, 2.24) is 15.3 Å². The highest BCUT2D eigenvalue weighted by molar-refractivity contribution is 5.92. The first-order valence-electron chi connectivity index (χ1n) is 8.34. The molecule has 0 radical (unpaired) electrons. The number of imidazole rings is 1. The normalized spacial score (nSPS) is 14.0. The molecule has 5 nitrogen and oxygen atoms in total. The van der Waals surface area contributed by atoms with Crippen molar-refractivity contribution in [2.24, 2.45) is 5.92 Å². The molecule has 1 saturated carbocycles. The lowest BCUT2D eigenvalue weighted by Crippen LogP contribution is -2.29. The van der Waals surface area contributed by atoms with Crippen LogP contribution >= 0.6 is 0 Å². The van der Waals surface area contributed by atoms with E-state index in [-0.39, 0.29) is 5.91 Å². The third-order valence-corrected chi connectivity index (χ3v) is 4.25. The fraction of sp³-hybridized carbons (Fsp3) is 0.263. The van der Waals surface area contributed by atoms with E-state index in [1.165, 1.54) is 12.8 Å². The molecule has 0 spiro atoms. The number of carbonyl (C=O) groups is 1. The standard InChI is InChI=1S/C19H20N4O/c24-18(12-20-11-13-5-6-13)21-15-9-7-14(8-10-15)19-22-16-3-1-2-4-17(16)23-19/h1-4,7-10,13,20H,5-6,11-12H2,(H,21,24)(H,22,23). The van der Waals surface area contributed by atoms with Crippen LogP contribution in [0.15, 0.2) is 48.5 Å². The van der Waals surface area contributed by atoms with Gasteiger partial charge in [-0.25, -0.2) is 4.98 Å². The molecule has 1 aliphatic rings. The molecule has 4 rings (SSSR count). The minimum absolute atomic E-state index is 0.00728. The summed E-state index contributed by atoms with van der Waals surface area (Å²) in [5, 5.41) is 6.10. The zero-order valence-electron chi connectivity index (χ0n) is 13.4. The number of hydrogen-bond acceptors (Lipinski definition) is 3. The zero-order chi connectivity index (χ0) is 16.4. The van der Waals surface area contributed by atoms with Crippen LogP contribution in [-0.2, 0) is 4.79 Å². The van der Waals surface area contributed by atoms with E-state index in [4.69, 9.17) is 0 Å². The number of carbonyl (C=O) groups excluding carboxylic acids is 1. The Morgan fingerprint density at radius 1 is 1.12 bits per heavy atom. The van der Waals surface area contributed by atoms with Gasteiger partial charge >= 0.3 is 0 Å². The molecule has 1 fully saturated rings. The molecule has 24 heavy (non-hydrogen) atoms. The summed E-state index contributed by atoms with van der Waals surface area (Å²) >= 11 is 0. The van der Waals surface area contributed by atoms with Crippen molar-refractivity contribution in [3.8, 4) is 11.4 Å². The van der Waals surface area contributed by atoms with Gasteiger partial charge in [0.1, 0.15) is 5.82 Å². The molecule has 2 aromatic carbocycles. The quantitative estimate of drug-likeness (QED) is 0.653. The first-order chi connectivity index (χ1) is 11.8. The van der Waals surface area contributed by atoms with Crippen LogP contribution in [0.1, 0.15) is 12.8 Å². The van der Waals surface area contributed by atoms with Gasteiger partial charge in [-0.05, 0) is 61.7 Å². The van der Waals surface area contributed by atoms with Gasteiger partial charge < -0.3 is 15.6 Å². The number of nitrogens with one attached hydrogen (secondary N) is 3. The summed E-state index contributed by atoms with van der Waals surface area (Å²) in [5.41, 5.74) is 3.77. The van der Waals surface area contributed by atoms with Crippen molar-refractivity contribution in [2.45, 2.75) is 12.8 Å². The van der Waals surface area contributed by atoms with Crippen LogP contribution in [0.4, 0.5) is 5.69 Å². The number of fused-ring (bicyclic) bond motifs is 1. The second-order valence-corrected chi connectivity index (χ2v) is 6.30. The highest BCUT2D eigenvalue weighted by atomic mass is 16.1. The van der Waals surface area contributed by atoms with Gasteiger partial charge in [0.15, 0.2) is 0 Å². The van der Waals surface area contributed by atoms with Gasteiger partial charge in [0.2, 0.25) is 5.91 Å². The highest BCUT2D eigenvalue weighted by Crippen LogP contribution is 2.27. The lowest BCUT2D eigenvalue weighted by Gasteiger charge is -2.07. The van der Waals surface area contributed by atoms with Gasteiger partial charge in [0.25, 0.3) is 0 Å². The van der Waals surface area contributed by atoms with Crippen molar-refractivity contribution in [3.63, 3.8) is 0 Å². The van der Waals surface area contributed by atoms with Crippen molar-refractivity contribution in [3.05, 3.63) is 48.5 Å². The monoisotopic (exact) mass is 320 g/mol. The maximum Gasteiger partial charge on any atom is 0.238 e. The average molecular weight is 320 g/mol. The van der Waals surface area contributed by atoms with E-state index in [0.717, 1.165) is 40.6 Å². The van der Waals surface area contributed by atoms with Crippen molar-refractivity contribution in [1.29, 1.82) is 0 Å². The zero-order valence-corrected chi connectivity index (χ0v) is 13.4. The van der Waals surface area contributed by atoms with E-state index in [9.17, 15) is 4.79 Å². The van der Waals surface area contributed by atoms with Gasteiger partial charge in [-0.2, -0.15) is 0 Å². The van der Waals surface area contributed by atoms with Crippen LogP contribution < -0.4 is 10.6 Å². The predicted molar refractivity (Wildman–Crippen MR) is 95.8 cm³/mol. The molecular formula is C19H20N4O. The Hall–Kier alpha value is -2.66. The number of H-pyrrole nitrogens is 1. The second kappa shape index (κ2) is 6.45. The maximum absolute atomic E-state index is 11.9. The molecule has 5 heteroatoms. The molecule has 1 aliphatic carbocycles. The number of rotatable bonds is 6. The molecule has 3 N–H and O–H groups in total. The predicted octanol–water partition coefficient (Wildman–Crippen LogP) is 3.17. The molecule has 0 unspecified atom stereocenters. The summed E-state index contributed by atoms with van der Waals surface area (Å²) in [6.45, 7) is 1.31. The number of nitrogens with zero attached hydrogens (tertiary/aromatic N) is 1. The molecule has 122 valence electrons. The Labute approximate surface area is 140 Å². The molecule has 1 amide bonds. The van der Waals surface area contributed by atoms with Crippen LogP contribution in [0.5, 0.6) is 0 Å². The van der Waals surface area contributed by atoms with Gasteiger partial charge in [-0.15, -0.1) is 0 Å². The van der Waals surface area contributed by atoms with Crippen molar-refractivity contribution in [2.75, 3.05) is 18.4 Å². The summed E-state index contributed by atoms with van der Waals surface area (Å²) in [7, 11) is 0. The largest absolute Gasteiger partial charge is 0.338 e. The van der Waals surface area contributed by atoms with Crippen molar-refractivity contribution < 1.29 is 4.79 Å². The van der Waals surface area contributed by atoms with Crippen LogP contribution in [0.3, 0.4) is 0 Å². The number of anilines is 1. The van der Waals surface area contributed by atoms with E-state index in [2.05, 4.69) is 20.6 Å². The van der Waals surface area contributed by atoms with Gasteiger partial charge in [0.05, 0.1) is 17.6 Å². The average Bonchev–Trinajstić information content (AvgIpc) is 3.31. The van der Waals surface area contributed by atoms with E-state index in [1.807, 2.05) is 48.5 Å². The Morgan fingerprint density at radius 3 is 2.67 bits per heavy atom. The van der Waals surface area contributed by atoms with E-state index >= 15 is 0 Å². The lowest BCUT2D eigenvalue weighted by molar-refractivity contribution is -0.115. The second-order valence-electron chi connectivity index (χ2n) is 6.30. The Bertz CT molecular complexity index is 816. The molecule has 1 aromatic heterocycles. The number of benzene rings is 2. The number of para-hydroxylation sites is 2.